The van der Waals surface area contributed by atoms with Crippen molar-refractivity contribution in [3.63, 3.8) is 0 Å². The van der Waals surface area contributed by atoms with Crippen LogP contribution in [-0.2, 0) is 20.6 Å². The third-order valence-corrected chi connectivity index (χ3v) is 5.20. The third kappa shape index (κ3) is 3.20. The van der Waals surface area contributed by atoms with E-state index in [0.29, 0.717) is 6.42 Å². The number of sulfonamides is 1. The zero-order chi connectivity index (χ0) is 15.6. The van der Waals surface area contributed by atoms with Crippen LogP contribution in [0.4, 0.5) is 4.39 Å². The second kappa shape index (κ2) is 5.79. The van der Waals surface area contributed by atoms with Crippen LogP contribution in [0.5, 0.6) is 0 Å². The summed E-state index contributed by atoms with van der Waals surface area (Å²) >= 11 is 0. The molecule has 1 saturated heterocycles. The second-order valence-electron chi connectivity index (χ2n) is 4.78. The second-order valence-corrected chi connectivity index (χ2v) is 6.70. The summed E-state index contributed by atoms with van der Waals surface area (Å²) in [6, 6.07) is 3.94. The molecule has 6 nitrogen and oxygen atoms in total. The average molecular weight is 312 g/mol. The molecule has 0 bridgehead atoms. The van der Waals surface area contributed by atoms with Gasteiger partial charge in [-0.15, -0.1) is 0 Å². The van der Waals surface area contributed by atoms with Crippen molar-refractivity contribution in [3.8, 4) is 6.07 Å². The zero-order valence-corrected chi connectivity index (χ0v) is 11.8. The molecular weight excluding hydrogens is 299 g/mol. The fraction of sp³-hybridized carbons (Fsp3) is 0.385. The van der Waals surface area contributed by atoms with Crippen LogP contribution in [0.25, 0.3) is 0 Å². The first-order chi connectivity index (χ1) is 9.85. The van der Waals surface area contributed by atoms with Crippen LogP contribution in [0.3, 0.4) is 0 Å². The molecule has 8 heteroatoms. The molecule has 1 atom stereocenters. The first-order valence-electron chi connectivity index (χ1n) is 6.26. The quantitative estimate of drug-likeness (QED) is 0.897. The van der Waals surface area contributed by atoms with E-state index in [1.54, 1.807) is 6.07 Å². The van der Waals surface area contributed by atoms with Crippen molar-refractivity contribution in [2.24, 2.45) is 0 Å². The molecule has 21 heavy (non-hydrogen) atoms. The highest BCUT2D eigenvalue weighted by molar-refractivity contribution is 7.88. The Morgan fingerprint density at radius 3 is 2.86 bits per heavy atom. The summed E-state index contributed by atoms with van der Waals surface area (Å²) in [5.41, 5.74) is 0.0968. The summed E-state index contributed by atoms with van der Waals surface area (Å²) < 4.78 is 38.7. The van der Waals surface area contributed by atoms with Crippen molar-refractivity contribution in [1.82, 2.24) is 4.31 Å². The molecule has 1 aliphatic heterocycles. The number of carboxylic acids is 1. The number of benzene rings is 1. The highest BCUT2D eigenvalue weighted by Crippen LogP contribution is 2.24. The Labute approximate surface area is 121 Å². The Hall–Kier alpha value is -1.98. The number of carboxylic acid groups (broad SMARTS) is 1. The van der Waals surface area contributed by atoms with Crippen LogP contribution in [0.15, 0.2) is 18.2 Å². The van der Waals surface area contributed by atoms with E-state index >= 15 is 0 Å². The van der Waals surface area contributed by atoms with Crippen molar-refractivity contribution >= 4 is 16.0 Å². The molecule has 0 saturated carbocycles. The van der Waals surface area contributed by atoms with Gasteiger partial charge in [0.15, 0.2) is 0 Å². The summed E-state index contributed by atoms with van der Waals surface area (Å²) in [5.74, 6) is -2.33. The average Bonchev–Trinajstić information content (AvgIpc) is 2.91. The normalized spacial score (nSPS) is 19.3. The summed E-state index contributed by atoms with van der Waals surface area (Å²) in [6.45, 7) is 0.141. The van der Waals surface area contributed by atoms with Gasteiger partial charge in [-0.05, 0) is 30.5 Å². The molecule has 0 aliphatic carbocycles. The molecule has 0 amide bonds. The predicted octanol–water partition coefficient (Wildman–Crippen LogP) is 1.08. The van der Waals surface area contributed by atoms with E-state index in [4.69, 9.17) is 10.4 Å². The van der Waals surface area contributed by atoms with Crippen molar-refractivity contribution in [2.45, 2.75) is 24.6 Å². The van der Waals surface area contributed by atoms with Crippen molar-refractivity contribution in [2.75, 3.05) is 6.54 Å². The monoisotopic (exact) mass is 312 g/mol. The molecule has 1 aromatic rings. The van der Waals surface area contributed by atoms with E-state index in [1.165, 1.54) is 6.07 Å². The van der Waals surface area contributed by atoms with E-state index in [-0.39, 0.29) is 24.1 Å². The first-order valence-corrected chi connectivity index (χ1v) is 7.87. The molecule has 0 radical (unpaired) electrons. The fourth-order valence-electron chi connectivity index (χ4n) is 2.38. The van der Waals surface area contributed by atoms with Crippen LogP contribution < -0.4 is 0 Å². The van der Waals surface area contributed by atoms with Crippen LogP contribution in [0.2, 0.25) is 0 Å². The lowest BCUT2D eigenvalue weighted by Gasteiger charge is -2.21. The van der Waals surface area contributed by atoms with Gasteiger partial charge in [0, 0.05) is 6.54 Å². The highest BCUT2D eigenvalue weighted by atomic mass is 32.2. The molecule has 112 valence electrons. The predicted molar refractivity (Wildman–Crippen MR) is 71.1 cm³/mol. The Kier molecular flexibility index (Phi) is 4.25. The Bertz CT molecular complexity index is 711. The van der Waals surface area contributed by atoms with Gasteiger partial charge in [-0.1, -0.05) is 6.07 Å². The van der Waals surface area contributed by atoms with Crippen LogP contribution in [-0.4, -0.2) is 36.4 Å². The van der Waals surface area contributed by atoms with Gasteiger partial charge < -0.3 is 5.11 Å². The van der Waals surface area contributed by atoms with Gasteiger partial charge in [0.05, 0.1) is 17.4 Å². The minimum atomic E-state index is -3.87. The topological polar surface area (TPSA) is 98.5 Å². The largest absolute Gasteiger partial charge is 0.480 e. The number of nitriles is 1. The third-order valence-electron chi connectivity index (χ3n) is 3.38. The number of nitrogens with zero attached hydrogens (tertiary/aromatic N) is 2. The van der Waals surface area contributed by atoms with Crippen LogP contribution in [0, 0.1) is 17.1 Å². The fourth-order valence-corrected chi connectivity index (χ4v) is 4.18. The zero-order valence-electron chi connectivity index (χ0n) is 11.0. The lowest BCUT2D eigenvalue weighted by molar-refractivity contribution is -0.140. The molecule has 1 fully saturated rings. The van der Waals surface area contributed by atoms with E-state index in [1.807, 2.05) is 0 Å². The Balaban J connectivity index is 2.30. The Morgan fingerprint density at radius 2 is 2.24 bits per heavy atom. The standard InChI is InChI=1S/C13H13FN2O4S/c14-11-4-3-9(10(6-11)7-15)8-21(19,20)16-5-1-2-12(16)13(17)18/h3-4,6,12H,1-2,5,8H2,(H,17,18)/t12-/m0/s1. The van der Waals surface area contributed by atoms with E-state index < -0.39 is 33.6 Å². The molecule has 1 aromatic carbocycles. The molecule has 1 N–H and O–H groups in total. The number of hydrogen-bond donors (Lipinski definition) is 1. The SMILES string of the molecule is N#Cc1cc(F)ccc1CS(=O)(=O)N1CCC[C@H]1C(=O)O. The van der Waals surface area contributed by atoms with Gasteiger partial charge in [-0.25, -0.2) is 12.8 Å². The maximum atomic E-state index is 13.0. The Morgan fingerprint density at radius 1 is 1.52 bits per heavy atom. The number of halogens is 1. The summed E-state index contributed by atoms with van der Waals surface area (Å²) in [7, 11) is -3.87. The lowest BCUT2D eigenvalue weighted by Crippen LogP contribution is -2.41. The first kappa shape index (κ1) is 15.4. The minimum absolute atomic E-state index is 0.0651. The molecule has 1 aliphatic rings. The summed E-state index contributed by atoms with van der Waals surface area (Å²) in [5, 5.41) is 18.0. The summed E-state index contributed by atoms with van der Waals surface area (Å²) in [6.07, 6.45) is 0.744. The van der Waals surface area contributed by atoms with E-state index in [0.717, 1.165) is 16.4 Å². The van der Waals surface area contributed by atoms with E-state index in [9.17, 15) is 17.6 Å². The van der Waals surface area contributed by atoms with Crippen LogP contribution >= 0.6 is 0 Å². The molecular formula is C13H13FN2O4S. The minimum Gasteiger partial charge on any atom is -0.480 e. The molecule has 2 rings (SSSR count). The maximum absolute atomic E-state index is 13.0. The van der Waals surface area contributed by atoms with Crippen LogP contribution in [0.1, 0.15) is 24.0 Å². The molecule has 0 spiro atoms. The number of rotatable bonds is 4. The van der Waals surface area contributed by atoms with Gasteiger partial charge in [-0.2, -0.15) is 9.57 Å². The van der Waals surface area contributed by atoms with Gasteiger partial charge in [-0.3, -0.25) is 4.79 Å². The number of carbonyl (C=O) groups is 1. The van der Waals surface area contributed by atoms with Gasteiger partial charge in [0.2, 0.25) is 10.0 Å². The van der Waals surface area contributed by atoms with Gasteiger partial charge in [0.1, 0.15) is 11.9 Å². The number of hydrogen-bond acceptors (Lipinski definition) is 4. The number of aliphatic carboxylic acids is 1. The molecule has 1 heterocycles. The summed E-state index contributed by atoms with van der Waals surface area (Å²) in [4.78, 5) is 11.1. The lowest BCUT2D eigenvalue weighted by atomic mass is 10.1. The highest BCUT2D eigenvalue weighted by Gasteiger charge is 2.38. The maximum Gasteiger partial charge on any atom is 0.322 e. The molecule has 0 aromatic heterocycles. The van der Waals surface area contributed by atoms with Gasteiger partial charge >= 0.3 is 5.97 Å². The van der Waals surface area contributed by atoms with Crippen molar-refractivity contribution in [1.29, 1.82) is 5.26 Å². The molecule has 0 unspecified atom stereocenters. The van der Waals surface area contributed by atoms with Crippen molar-refractivity contribution < 1.29 is 22.7 Å². The van der Waals surface area contributed by atoms with E-state index in [2.05, 4.69) is 0 Å². The van der Waals surface area contributed by atoms with Crippen molar-refractivity contribution in [3.05, 3.63) is 35.1 Å². The smallest absolute Gasteiger partial charge is 0.322 e. The van der Waals surface area contributed by atoms with Gasteiger partial charge in [0.25, 0.3) is 0 Å².